The van der Waals surface area contributed by atoms with Crippen LogP contribution in [0.5, 0.6) is 0 Å². The Balaban J connectivity index is 1.11. The van der Waals surface area contributed by atoms with Gasteiger partial charge in [0.1, 0.15) is 11.2 Å². The average Bonchev–Trinajstić information content (AvgIpc) is 3.65. The van der Waals surface area contributed by atoms with E-state index in [4.69, 9.17) is 19.4 Å². The van der Waals surface area contributed by atoms with E-state index in [-0.39, 0.29) is 0 Å². The summed E-state index contributed by atoms with van der Waals surface area (Å²) in [4.78, 5) is 15.4. The van der Waals surface area contributed by atoms with Gasteiger partial charge in [0.25, 0.3) is 0 Å². The minimum Gasteiger partial charge on any atom is -0.456 e. The summed E-state index contributed by atoms with van der Waals surface area (Å²) in [7, 11) is 0. The zero-order chi connectivity index (χ0) is 37.4. The maximum Gasteiger partial charge on any atom is 0.164 e. The molecule has 0 radical (unpaired) electrons. The second kappa shape index (κ2) is 14.1. The Morgan fingerprint density at radius 1 is 0.321 bits per heavy atom. The van der Waals surface area contributed by atoms with Crippen molar-refractivity contribution in [3.05, 3.63) is 200 Å². The van der Waals surface area contributed by atoms with E-state index in [2.05, 4.69) is 177 Å². The van der Waals surface area contributed by atoms with E-state index in [0.717, 1.165) is 66.4 Å². The van der Waals surface area contributed by atoms with Crippen molar-refractivity contribution in [2.24, 2.45) is 0 Å². The normalized spacial score (nSPS) is 11.3. The number of aromatic nitrogens is 3. The Hall–Kier alpha value is -7.43. The summed E-state index contributed by atoms with van der Waals surface area (Å²) in [5.41, 5.74) is 14.6. The predicted octanol–water partition coefficient (Wildman–Crippen LogP) is 13.7. The van der Waals surface area contributed by atoms with E-state index in [1.165, 1.54) is 22.3 Å². The summed E-state index contributed by atoms with van der Waals surface area (Å²) in [6, 6.07) is 67.5. The molecule has 4 nitrogen and oxygen atoms in total. The van der Waals surface area contributed by atoms with E-state index < -0.39 is 0 Å². The maximum absolute atomic E-state index is 6.59. The topological polar surface area (TPSA) is 51.8 Å². The number of rotatable bonds is 7. The third-order valence-corrected chi connectivity index (χ3v) is 10.4. The highest BCUT2D eigenvalue weighted by Gasteiger charge is 2.18. The molecule has 56 heavy (non-hydrogen) atoms. The number of benzene rings is 8. The molecule has 0 aliphatic rings. The van der Waals surface area contributed by atoms with E-state index >= 15 is 0 Å². The van der Waals surface area contributed by atoms with Gasteiger partial charge in [-0.15, -0.1) is 0 Å². The van der Waals surface area contributed by atoms with Crippen LogP contribution in [-0.2, 0) is 0 Å². The Kier molecular flexibility index (Phi) is 8.34. The van der Waals surface area contributed by atoms with Gasteiger partial charge < -0.3 is 4.42 Å². The van der Waals surface area contributed by atoms with Crippen LogP contribution in [0, 0.1) is 6.92 Å². The first kappa shape index (κ1) is 33.2. The molecule has 0 aliphatic heterocycles. The smallest absolute Gasteiger partial charge is 0.164 e. The third-order valence-electron chi connectivity index (χ3n) is 10.4. The first-order valence-corrected chi connectivity index (χ1v) is 18.8. The molecule has 10 rings (SSSR count). The highest BCUT2D eigenvalue weighted by Crippen LogP contribution is 2.40. The standard InChI is InChI=1S/C52H35N3O/c1-34-13-10-18-39(31-34)36-25-27-38(28-26-36)50-53-51(55-52(54-50)45-22-9-8-21-43(45)37-16-6-3-7-17-37)42-29-30-46-48(33-42)56-47-24-12-23-44(49(46)47)41-20-11-19-40(32-41)35-14-4-2-5-15-35/h2-33H,1H3. The van der Waals surface area contributed by atoms with Gasteiger partial charge in [0.15, 0.2) is 17.5 Å². The fourth-order valence-electron chi connectivity index (χ4n) is 7.64. The maximum atomic E-state index is 6.59. The predicted molar refractivity (Wildman–Crippen MR) is 230 cm³/mol. The third kappa shape index (κ3) is 6.23. The van der Waals surface area contributed by atoms with E-state index in [1.807, 2.05) is 24.3 Å². The summed E-state index contributed by atoms with van der Waals surface area (Å²) in [6.45, 7) is 2.12. The van der Waals surface area contributed by atoms with Crippen LogP contribution in [0.3, 0.4) is 0 Å². The van der Waals surface area contributed by atoms with Gasteiger partial charge in [-0.25, -0.2) is 15.0 Å². The van der Waals surface area contributed by atoms with Gasteiger partial charge in [0, 0.05) is 27.5 Å². The molecular formula is C52H35N3O. The molecule has 10 aromatic rings. The fourth-order valence-corrected chi connectivity index (χ4v) is 7.64. The van der Waals surface area contributed by atoms with E-state index in [1.54, 1.807) is 0 Å². The minimum atomic E-state index is 0.578. The molecule has 264 valence electrons. The Morgan fingerprint density at radius 3 is 1.62 bits per heavy atom. The van der Waals surface area contributed by atoms with Gasteiger partial charge in [-0.05, 0) is 75.7 Å². The summed E-state index contributed by atoms with van der Waals surface area (Å²) >= 11 is 0. The van der Waals surface area contributed by atoms with Crippen molar-refractivity contribution >= 4 is 21.9 Å². The molecule has 0 N–H and O–H groups in total. The number of fused-ring (bicyclic) bond motifs is 3. The van der Waals surface area contributed by atoms with Gasteiger partial charge in [-0.2, -0.15) is 0 Å². The van der Waals surface area contributed by atoms with E-state index in [9.17, 15) is 0 Å². The van der Waals surface area contributed by atoms with Crippen molar-refractivity contribution in [3.63, 3.8) is 0 Å². The van der Waals surface area contributed by atoms with Crippen LogP contribution in [0.4, 0.5) is 0 Å². The molecule has 0 bridgehead atoms. The highest BCUT2D eigenvalue weighted by molar-refractivity contribution is 6.13. The van der Waals surface area contributed by atoms with Gasteiger partial charge in [0.2, 0.25) is 0 Å². The number of aryl methyl sites for hydroxylation is 1. The Labute approximate surface area is 325 Å². The van der Waals surface area contributed by atoms with Crippen LogP contribution < -0.4 is 0 Å². The average molecular weight is 718 g/mol. The monoisotopic (exact) mass is 717 g/mol. The Morgan fingerprint density at radius 2 is 0.857 bits per heavy atom. The van der Waals surface area contributed by atoms with Crippen molar-refractivity contribution in [1.29, 1.82) is 0 Å². The second-order valence-electron chi connectivity index (χ2n) is 14.1. The molecule has 0 aliphatic carbocycles. The molecule has 0 amide bonds. The van der Waals surface area contributed by atoms with Crippen molar-refractivity contribution in [2.75, 3.05) is 0 Å². The van der Waals surface area contributed by atoms with Crippen LogP contribution in [0.15, 0.2) is 199 Å². The first-order valence-electron chi connectivity index (χ1n) is 18.8. The molecule has 0 spiro atoms. The summed E-state index contributed by atoms with van der Waals surface area (Å²) in [5, 5.41) is 2.13. The molecule has 2 heterocycles. The second-order valence-corrected chi connectivity index (χ2v) is 14.1. The zero-order valence-electron chi connectivity index (χ0n) is 30.7. The zero-order valence-corrected chi connectivity index (χ0v) is 30.7. The van der Waals surface area contributed by atoms with Gasteiger partial charge in [-0.3, -0.25) is 0 Å². The molecule has 0 unspecified atom stereocenters. The summed E-state index contributed by atoms with van der Waals surface area (Å²) < 4.78 is 6.59. The molecule has 8 aromatic carbocycles. The van der Waals surface area contributed by atoms with Gasteiger partial charge >= 0.3 is 0 Å². The van der Waals surface area contributed by atoms with Crippen LogP contribution >= 0.6 is 0 Å². The molecule has 0 fully saturated rings. The van der Waals surface area contributed by atoms with Crippen LogP contribution in [0.25, 0.3) is 101 Å². The Bertz CT molecular complexity index is 3020. The van der Waals surface area contributed by atoms with Crippen LogP contribution in [0.1, 0.15) is 5.56 Å². The number of hydrogen-bond acceptors (Lipinski definition) is 4. The molecule has 4 heteroatoms. The number of nitrogens with zero attached hydrogens (tertiary/aromatic N) is 3. The molecule has 2 aromatic heterocycles. The number of furan rings is 1. The van der Waals surface area contributed by atoms with Gasteiger partial charge in [-0.1, -0.05) is 175 Å². The lowest BCUT2D eigenvalue weighted by atomic mass is 9.96. The lowest BCUT2D eigenvalue weighted by molar-refractivity contribution is 0.669. The quantitative estimate of drug-likeness (QED) is 0.165. The molecular weight excluding hydrogens is 683 g/mol. The number of hydrogen-bond donors (Lipinski definition) is 0. The highest BCUT2D eigenvalue weighted by atomic mass is 16.3. The van der Waals surface area contributed by atoms with Crippen molar-refractivity contribution in [1.82, 2.24) is 15.0 Å². The fraction of sp³-hybridized carbons (Fsp3) is 0.0192. The molecule has 0 saturated carbocycles. The molecule has 0 atom stereocenters. The van der Waals surface area contributed by atoms with E-state index in [0.29, 0.717) is 17.5 Å². The SMILES string of the molecule is Cc1cccc(-c2ccc(-c3nc(-c4ccc5c(c4)oc4cccc(-c6cccc(-c7ccccc7)c6)c45)nc(-c4ccccc4-c4ccccc4)n3)cc2)c1. The largest absolute Gasteiger partial charge is 0.456 e. The van der Waals surface area contributed by atoms with Crippen molar-refractivity contribution < 1.29 is 4.42 Å². The van der Waals surface area contributed by atoms with Crippen molar-refractivity contribution in [3.8, 4) is 78.7 Å². The van der Waals surface area contributed by atoms with Crippen LogP contribution in [-0.4, -0.2) is 15.0 Å². The lowest BCUT2D eigenvalue weighted by Gasteiger charge is -2.12. The summed E-state index contributed by atoms with van der Waals surface area (Å²) in [5.74, 6) is 1.79. The van der Waals surface area contributed by atoms with Gasteiger partial charge in [0.05, 0.1) is 0 Å². The van der Waals surface area contributed by atoms with Crippen molar-refractivity contribution in [2.45, 2.75) is 6.92 Å². The molecule has 0 saturated heterocycles. The van der Waals surface area contributed by atoms with Crippen LogP contribution in [0.2, 0.25) is 0 Å². The minimum absolute atomic E-state index is 0.578. The lowest BCUT2D eigenvalue weighted by Crippen LogP contribution is -2.01. The summed E-state index contributed by atoms with van der Waals surface area (Å²) in [6.07, 6.45) is 0. The first-order chi connectivity index (χ1) is 27.6.